The molecule has 3 heterocycles. The largest absolute Gasteiger partial charge is 0.473 e. The summed E-state index contributed by atoms with van der Waals surface area (Å²) in [5.74, 6) is -0.435. The van der Waals surface area contributed by atoms with Gasteiger partial charge in [0.05, 0.1) is 25.5 Å². The number of carbonyl (C=O) groups is 2. The number of sulfonamides is 1. The number of esters is 1. The molecule has 1 aromatic heterocycles. The maximum absolute atomic E-state index is 13.7. The second-order valence-corrected chi connectivity index (χ2v) is 10.6. The fourth-order valence-corrected chi connectivity index (χ4v) is 6.30. The van der Waals surface area contributed by atoms with Gasteiger partial charge in [0.2, 0.25) is 15.9 Å². The number of carbonyl (C=O) groups excluding carboxylic acids is 2. The molecule has 12 heteroatoms. The lowest BCUT2D eigenvalue weighted by molar-refractivity contribution is -0.151. The SMILES string of the molecule is CCOC(=O)[C@@H]1C2CC[C@H](CN1S(=O)(=O)c1ccc(OCc3ccccc3)nc1)N2C(=O)OCCOC. The number of amides is 1. The number of methoxy groups -OCH3 is 1. The van der Waals surface area contributed by atoms with Crippen molar-refractivity contribution in [2.45, 2.75) is 49.4 Å². The van der Waals surface area contributed by atoms with E-state index in [0.717, 1.165) is 9.87 Å². The molecule has 1 unspecified atom stereocenters. The minimum absolute atomic E-state index is 0.0573. The Balaban J connectivity index is 1.54. The van der Waals surface area contributed by atoms with Crippen LogP contribution in [0.2, 0.25) is 0 Å². The third-order valence-electron chi connectivity index (χ3n) is 6.41. The molecule has 2 aliphatic rings. The number of hydrogen-bond donors (Lipinski definition) is 0. The molecule has 200 valence electrons. The van der Waals surface area contributed by atoms with Crippen molar-refractivity contribution >= 4 is 22.1 Å². The maximum Gasteiger partial charge on any atom is 0.410 e. The first-order chi connectivity index (χ1) is 17.9. The van der Waals surface area contributed by atoms with Gasteiger partial charge in [-0.25, -0.2) is 18.2 Å². The Kier molecular flexibility index (Phi) is 8.62. The first-order valence-corrected chi connectivity index (χ1v) is 13.6. The van der Waals surface area contributed by atoms with Gasteiger partial charge in [-0.2, -0.15) is 4.31 Å². The van der Waals surface area contributed by atoms with Crippen molar-refractivity contribution < 1.29 is 37.0 Å². The first kappa shape index (κ1) is 26.8. The van der Waals surface area contributed by atoms with Gasteiger partial charge in [0.1, 0.15) is 24.2 Å². The van der Waals surface area contributed by atoms with Crippen molar-refractivity contribution in [1.82, 2.24) is 14.2 Å². The summed E-state index contributed by atoms with van der Waals surface area (Å²) < 4.78 is 49.6. The van der Waals surface area contributed by atoms with E-state index in [0.29, 0.717) is 12.8 Å². The van der Waals surface area contributed by atoms with E-state index in [9.17, 15) is 18.0 Å². The number of hydrogen-bond acceptors (Lipinski definition) is 9. The highest BCUT2D eigenvalue weighted by Crippen LogP contribution is 2.38. The number of nitrogens with zero attached hydrogens (tertiary/aromatic N) is 3. The molecule has 3 atom stereocenters. The van der Waals surface area contributed by atoms with Gasteiger partial charge < -0.3 is 18.9 Å². The van der Waals surface area contributed by atoms with Crippen LogP contribution in [0.3, 0.4) is 0 Å². The summed E-state index contributed by atoms with van der Waals surface area (Å²) in [7, 11) is -2.64. The highest BCUT2D eigenvalue weighted by Gasteiger charge is 2.55. The molecule has 4 rings (SSSR count). The van der Waals surface area contributed by atoms with Gasteiger partial charge in [-0.15, -0.1) is 0 Å². The van der Waals surface area contributed by atoms with Crippen LogP contribution in [0.4, 0.5) is 4.79 Å². The zero-order valence-electron chi connectivity index (χ0n) is 20.8. The lowest BCUT2D eigenvalue weighted by Gasteiger charge is -2.43. The molecule has 1 amide bonds. The number of piperazine rings is 1. The molecular weight excluding hydrogens is 502 g/mol. The van der Waals surface area contributed by atoms with E-state index in [4.69, 9.17) is 18.9 Å². The molecule has 37 heavy (non-hydrogen) atoms. The zero-order valence-corrected chi connectivity index (χ0v) is 21.6. The monoisotopic (exact) mass is 533 g/mol. The molecule has 2 saturated heterocycles. The van der Waals surface area contributed by atoms with Crippen molar-refractivity contribution in [2.75, 3.05) is 33.5 Å². The lowest BCUT2D eigenvalue weighted by atomic mass is 10.1. The molecule has 11 nitrogen and oxygen atoms in total. The fourth-order valence-electron chi connectivity index (χ4n) is 4.71. The lowest BCUT2D eigenvalue weighted by Crippen LogP contribution is -2.65. The Morgan fingerprint density at radius 2 is 1.84 bits per heavy atom. The predicted molar refractivity (Wildman–Crippen MR) is 131 cm³/mol. The third-order valence-corrected chi connectivity index (χ3v) is 8.24. The van der Waals surface area contributed by atoms with Gasteiger partial charge in [0.25, 0.3) is 0 Å². The molecule has 2 aromatic rings. The molecule has 2 fully saturated rings. The standard InChI is InChI=1S/C25H31N3O8S/c1-3-34-24(29)23-21-11-9-19(28(21)25(30)35-14-13-33-2)16-27(23)37(31,32)20-10-12-22(26-15-20)36-17-18-7-5-4-6-8-18/h4-8,10,12,15,19,21,23H,3,9,11,13-14,16-17H2,1-2H3/t19-,21?,23+/m1/s1. The summed E-state index contributed by atoms with van der Waals surface area (Å²) in [5, 5.41) is 0. The third kappa shape index (κ3) is 5.86. The van der Waals surface area contributed by atoms with E-state index in [2.05, 4.69) is 4.98 Å². The van der Waals surface area contributed by atoms with Crippen LogP contribution in [-0.2, 0) is 35.6 Å². The quantitative estimate of drug-likeness (QED) is 0.334. The number of ether oxygens (including phenoxy) is 4. The molecule has 2 aliphatic heterocycles. The Morgan fingerprint density at radius 3 is 2.51 bits per heavy atom. The van der Waals surface area contributed by atoms with Crippen LogP contribution < -0.4 is 4.74 Å². The van der Waals surface area contributed by atoms with Crippen LogP contribution in [-0.4, -0.2) is 86.3 Å². The van der Waals surface area contributed by atoms with Gasteiger partial charge in [0, 0.05) is 25.8 Å². The second-order valence-electron chi connectivity index (χ2n) is 8.69. The minimum atomic E-state index is -4.14. The van der Waals surface area contributed by atoms with Crippen molar-refractivity contribution in [3.63, 3.8) is 0 Å². The van der Waals surface area contributed by atoms with Crippen molar-refractivity contribution in [1.29, 1.82) is 0 Å². The highest BCUT2D eigenvalue weighted by molar-refractivity contribution is 7.89. The molecular formula is C25H31N3O8S. The van der Waals surface area contributed by atoms with Crippen LogP contribution in [0, 0.1) is 0 Å². The Bertz CT molecular complexity index is 1180. The molecule has 0 spiro atoms. The van der Waals surface area contributed by atoms with Crippen LogP contribution >= 0.6 is 0 Å². The topological polar surface area (TPSA) is 125 Å². The van der Waals surface area contributed by atoms with Gasteiger partial charge in [-0.05, 0) is 31.4 Å². The fraction of sp³-hybridized carbons (Fsp3) is 0.480. The summed E-state index contributed by atoms with van der Waals surface area (Å²) in [6, 6.07) is 10.1. The van der Waals surface area contributed by atoms with Gasteiger partial charge in [0.15, 0.2) is 0 Å². The van der Waals surface area contributed by atoms with E-state index in [1.807, 2.05) is 30.3 Å². The van der Waals surface area contributed by atoms with E-state index in [-0.39, 0.29) is 43.7 Å². The van der Waals surface area contributed by atoms with Crippen LogP contribution in [0.5, 0.6) is 5.88 Å². The highest BCUT2D eigenvalue weighted by atomic mass is 32.2. The average molecular weight is 534 g/mol. The molecule has 0 aliphatic carbocycles. The summed E-state index contributed by atoms with van der Waals surface area (Å²) >= 11 is 0. The molecule has 0 radical (unpaired) electrons. The van der Waals surface area contributed by atoms with E-state index < -0.39 is 40.2 Å². The Morgan fingerprint density at radius 1 is 1.05 bits per heavy atom. The molecule has 0 saturated carbocycles. The summed E-state index contributed by atoms with van der Waals surface area (Å²) in [6.45, 7) is 2.24. The van der Waals surface area contributed by atoms with Gasteiger partial charge in [-0.3, -0.25) is 9.69 Å². The number of aromatic nitrogens is 1. The van der Waals surface area contributed by atoms with E-state index in [1.165, 1.54) is 30.3 Å². The second kappa shape index (κ2) is 11.9. The van der Waals surface area contributed by atoms with E-state index >= 15 is 0 Å². The number of rotatable bonds is 10. The minimum Gasteiger partial charge on any atom is -0.473 e. The smallest absolute Gasteiger partial charge is 0.410 e. The first-order valence-electron chi connectivity index (χ1n) is 12.1. The average Bonchev–Trinajstić information content (AvgIpc) is 3.21. The maximum atomic E-state index is 13.7. The van der Waals surface area contributed by atoms with Crippen LogP contribution in [0.25, 0.3) is 0 Å². The van der Waals surface area contributed by atoms with Crippen LogP contribution in [0.15, 0.2) is 53.6 Å². The van der Waals surface area contributed by atoms with Crippen LogP contribution in [0.1, 0.15) is 25.3 Å². The van der Waals surface area contributed by atoms with Gasteiger partial charge >= 0.3 is 12.1 Å². The Hall–Kier alpha value is -3.22. The Labute approximate surface area is 216 Å². The van der Waals surface area contributed by atoms with Crippen molar-refractivity contribution in [3.05, 3.63) is 54.2 Å². The number of fused-ring (bicyclic) bond motifs is 2. The summed E-state index contributed by atoms with van der Waals surface area (Å²) in [5.41, 5.74) is 0.951. The van der Waals surface area contributed by atoms with Crippen molar-refractivity contribution in [3.8, 4) is 5.88 Å². The molecule has 0 N–H and O–H groups in total. The van der Waals surface area contributed by atoms with Crippen molar-refractivity contribution in [2.24, 2.45) is 0 Å². The number of benzene rings is 1. The summed E-state index contributed by atoms with van der Waals surface area (Å²) in [4.78, 5) is 31.4. The van der Waals surface area contributed by atoms with E-state index in [1.54, 1.807) is 6.92 Å². The predicted octanol–water partition coefficient (Wildman–Crippen LogP) is 2.21. The molecule has 2 bridgehead atoms. The van der Waals surface area contributed by atoms with Gasteiger partial charge in [-0.1, -0.05) is 30.3 Å². The summed E-state index contributed by atoms with van der Waals surface area (Å²) in [6.07, 6.45) is 1.60. The normalized spacial score (nSPS) is 21.5. The zero-order chi connectivity index (χ0) is 26.4. The molecule has 1 aromatic carbocycles. The number of pyridine rings is 1.